The Hall–Kier alpha value is -2.63. The van der Waals surface area contributed by atoms with Crippen LogP contribution in [-0.2, 0) is 13.1 Å². The Morgan fingerprint density at radius 3 is 2.63 bits per heavy atom. The Labute approximate surface area is 159 Å². The van der Waals surface area contributed by atoms with Crippen molar-refractivity contribution in [2.75, 3.05) is 6.54 Å². The van der Waals surface area contributed by atoms with Gasteiger partial charge >= 0.3 is 0 Å². The van der Waals surface area contributed by atoms with E-state index in [9.17, 15) is 9.59 Å². The number of aryl methyl sites for hydroxylation is 2. The molecule has 1 fully saturated rings. The van der Waals surface area contributed by atoms with Crippen LogP contribution < -0.4 is 5.32 Å². The van der Waals surface area contributed by atoms with Crippen molar-refractivity contribution >= 4 is 11.8 Å². The molecular weight excluding hydrogens is 340 g/mol. The van der Waals surface area contributed by atoms with Crippen molar-refractivity contribution in [3.63, 3.8) is 0 Å². The largest absolute Gasteiger partial charge is 0.348 e. The first kappa shape index (κ1) is 17.8. The molecule has 0 spiro atoms. The summed E-state index contributed by atoms with van der Waals surface area (Å²) >= 11 is 0. The van der Waals surface area contributed by atoms with Crippen LogP contribution in [-0.4, -0.2) is 39.1 Å². The van der Waals surface area contributed by atoms with E-state index in [0.717, 1.165) is 37.7 Å². The van der Waals surface area contributed by atoms with E-state index in [2.05, 4.69) is 41.6 Å². The lowest BCUT2D eigenvalue weighted by molar-refractivity contribution is 0.0745. The zero-order chi connectivity index (χ0) is 18.8. The van der Waals surface area contributed by atoms with E-state index in [1.165, 1.54) is 5.56 Å². The Morgan fingerprint density at radius 1 is 1.15 bits per heavy atom. The number of carbonyl (C=O) groups excluding carboxylic acids is 2. The first-order valence-electron chi connectivity index (χ1n) is 9.84. The molecular formula is C21H26N4O2. The fourth-order valence-electron chi connectivity index (χ4n) is 3.94. The second-order valence-electron chi connectivity index (χ2n) is 7.66. The molecule has 6 nitrogen and oxygen atoms in total. The molecule has 2 amide bonds. The Balaban J connectivity index is 1.50. The van der Waals surface area contributed by atoms with Crippen LogP contribution in [0.25, 0.3) is 0 Å². The number of fused-ring (bicyclic) bond motifs is 1. The molecule has 2 aromatic rings. The Kier molecular flexibility index (Phi) is 4.97. The summed E-state index contributed by atoms with van der Waals surface area (Å²) in [6.07, 6.45) is 5.22. The summed E-state index contributed by atoms with van der Waals surface area (Å²) in [7, 11) is 0. The molecule has 0 bridgehead atoms. The van der Waals surface area contributed by atoms with Crippen LogP contribution in [0, 0.1) is 6.92 Å². The number of hydrogen-bond donors (Lipinski definition) is 1. The monoisotopic (exact) mass is 366 g/mol. The molecule has 142 valence electrons. The van der Waals surface area contributed by atoms with Crippen LogP contribution in [0.5, 0.6) is 0 Å². The van der Waals surface area contributed by atoms with Crippen molar-refractivity contribution in [1.29, 1.82) is 0 Å². The predicted molar refractivity (Wildman–Crippen MR) is 102 cm³/mol. The van der Waals surface area contributed by atoms with Crippen LogP contribution in [0.15, 0.2) is 30.3 Å². The van der Waals surface area contributed by atoms with E-state index in [4.69, 9.17) is 0 Å². The molecule has 2 aliphatic rings. The number of rotatable bonds is 4. The highest BCUT2D eigenvalue weighted by Gasteiger charge is 2.27. The van der Waals surface area contributed by atoms with Gasteiger partial charge < -0.3 is 10.2 Å². The standard InChI is InChI=1S/C21H26N4O2/c1-15-7-9-16(10-8-15)14-24-11-4-12-25-19(21(24)27)13-18(23-25)20(26)22-17-5-2-3-6-17/h7-10,13,17H,2-6,11-12,14H2,1H3,(H,22,26). The van der Waals surface area contributed by atoms with Crippen LogP contribution in [0.2, 0.25) is 0 Å². The maximum atomic E-state index is 13.0. The maximum Gasteiger partial charge on any atom is 0.272 e. The van der Waals surface area contributed by atoms with Gasteiger partial charge in [0.05, 0.1) is 0 Å². The second-order valence-corrected chi connectivity index (χ2v) is 7.66. The van der Waals surface area contributed by atoms with Crippen molar-refractivity contribution < 1.29 is 9.59 Å². The smallest absolute Gasteiger partial charge is 0.272 e. The Morgan fingerprint density at radius 2 is 1.89 bits per heavy atom. The predicted octanol–water partition coefficient (Wildman–Crippen LogP) is 2.91. The van der Waals surface area contributed by atoms with E-state index in [1.54, 1.807) is 10.7 Å². The average Bonchev–Trinajstić information content (AvgIpc) is 3.29. The van der Waals surface area contributed by atoms with Gasteiger partial charge in [0.1, 0.15) is 5.69 Å². The lowest BCUT2D eigenvalue weighted by Gasteiger charge is -2.20. The average molecular weight is 366 g/mol. The summed E-state index contributed by atoms with van der Waals surface area (Å²) in [5, 5.41) is 7.46. The van der Waals surface area contributed by atoms with Crippen molar-refractivity contribution in [2.24, 2.45) is 0 Å². The minimum absolute atomic E-state index is 0.0551. The molecule has 1 N–H and O–H groups in total. The molecule has 1 saturated carbocycles. The number of nitrogens with one attached hydrogen (secondary N) is 1. The van der Waals surface area contributed by atoms with Gasteiger partial charge in [-0.05, 0) is 31.7 Å². The normalized spacial score (nSPS) is 17.7. The zero-order valence-corrected chi connectivity index (χ0v) is 15.8. The molecule has 2 heterocycles. The molecule has 0 saturated heterocycles. The minimum Gasteiger partial charge on any atom is -0.348 e. The van der Waals surface area contributed by atoms with E-state index in [1.807, 2.05) is 4.90 Å². The van der Waals surface area contributed by atoms with E-state index in [0.29, 0.717) is 31.0 Å². The third-order valence-corrected chi connectivity index (χ3v) is 5.50. The molecule has 27 heavy (non-hydrogen) atoms. The molecule has 1 aliphatic carbocycles. The summed E-state index contributed by atoms with van der Waals surface area (Å²) in [5.74, 6) is -0.221. The third kappa shape index (κ3) is 3.89. The molecule has 1 aromatic heterocycles. The Bertz CT molecular complexity index is 834. The molecule has 4 rings (SSSR count). The highest BCUT2D eigenvalue weighted by molar-refractivity contribution is 5.98. The van der Waals surface area contributed by atoms with Gasteiger partial charge in [-0.1, -0.05) is 42.7 Å². The van der Waals surface area contributed by atoms with Crippen molar-refractivity contribution in [1.82, 2.24) is 20.0 Å². The highest BCUT2D eigenvalue weighted by atomic mass is 16.2. The van der Waals surface area contributed by atoms with Gasteiger partial charge in [0.25, 0.3) is 11.8 Å². The molecule has 0 unspecified atom stereocenters. The quantitative estimate of drug-likeness (QED) is 0.905. The van der Waals surface area contributed by atoms with Gasteiger partial charge in [0, 0.05) is 31.7 Å². The van der Waals surface area contributed by atoms with Crippen molar-refractivity contribution in [2.45, 2.75) is 58.2 Å². The summed E-state index contributed by atoms with van der Waals surface area (Å²) in [6.45, 7) is 3.98. The number of nitrogens with zero attached hydrogens (tertiary/aromatic N) is 3. The van der Waals surface area contributed by atoms with Crippen molar-refractivity contribution in [3.8, 4) is 0 Å². The second kappa shape index (κ2) is 7.55. The highest BCUT2D eigenvalue weighted by Crippen LogP contribution is 2.20. The van der Waals surface area contributed by atoms with Gasteiger partial charge in [0.2, 0.25) is 0 Å². The van der Waals surface area contributed by atoms with Crippen LogP contribution in [0.4, 0.5) is 0 Å². The van der Waals surface area contributed by atoms with Gasteiger partial charge in [0.15, 0.2) is 5.69 Å². The van der Waals surface area contributed by atoms with Crippen LogP contribution >= 0.6 is 0 Å². The zero-order valence-electron chi connectivity index (χ0n) is 15.8. The molecule has 1 aliphatic heterocycles. The molecule has 0 atom stereocenters. The van der Waals surface area contributed by atoms with Gasteiger partial charge in [-0.15, -0.1) is 0 Å². The fraction of sp³-hybridized carbons (Fsp3) is 0.476. The minimum atomic E-state index is -0.166. The molecule has 1 aromatic carbocycles. The first-order chi connectivity index (χ1) is 13.1. The van der Waals surface area contributed by atoms with Gasteiger partial charge in [-0.2, -0.15) is 5.10 Å². The summed E-state index contributed by atoms with van der Waals surface area (Å²) < 4.78 is 1.70. The number of aromatic nitrogens is 2. The molecule has 6 heteroatoms. The van der Waals surface area contributed by atoms with Gasteiger partial charge in [-0.3, -0.25) is 14.3 Å². The fourth-order valence-corrected chi connectivity index (χ4v) is 3.94. The third-order valence-electron chi connectivity index (χ3n) is 5.50. The summed E-state index contributed by atoms with van der Waals surface area (Å²) in [4.78, 5) is 27.4. The van der Waals surface area contributed by atoms with E-state index < -0.39 is 0 Å². The van der Waals surface area contributed by atoms with E-state index >= 15 is 0 Å². The number of carbonyl (C=O) groups is 2. The lowest BCUT2D eigenvalue weighted by Crippen LogP contribution is -2.33. The van der Waals surface area contributed by atoms with Gasteiger partial charge in [-0.25, -0.2) is 0 Å². The van der Waals surface area contributed by atoms with Crippen LogP contribution in [0.3, 0.4) is 0 Å². The summed E-state index contributed by atoms with van der Waals surface area (Å²) in [6, 6.07) is 10.1. The molecule has 0 radical (unpaired) electrons. The maximum absolute atomic E-state index is 13.0. The number of hydrogen-bond acceptors (Lipinski definition) is 3. The number of benzene rings is 1. The number of amides is 2. The lowest BCUT2D eigenvalue weighted by atomic mass is 10.1. The van der Waals surface area contributed by atoms with Crippen LogP contribution in [0.1, 0.15) is 64.2 Å². The first-order valence-corrected chi connectivity index (χ1v) is 9.84. The van der Waals surface area contributed by atoms with Crippen molar-refractivity contribution in [3.05, 3.63) is 52.8 Å². The SMILES string of the molecule is Cc1ccc(CN2CCCn3nc(C(=O)NC4CCCC4)cc3C2=O)cc1. The topological polar surface area (TPSA) is 67.2 Å². The summed E-state index contributed by atoms with van der Waals surface area (Å²) in [5.41, 5.74) is 3.18. The van der Waals surface area contributed by atoms with E-state index in [-0.39, 0.29) is 17.9 Å².